The molecule has 0 spiro atoms. The number of amides is 2. The van der Waals surface area contributed by atoms with E-state index in [4.69, 9.17) is 0 Å². The number of fused-ring (bicyclic) bond motifs is 1. The third-order valence-electron chi connectivity index (χ3n) is 7.87. The summed E-state index contributed by atoms with van der Waals surface area (Å²) in [6.07, 6.45) is 6.57. The first-order chi connectivity index (χ1) is 15.5. The Kier molecular flexibility index (Phi) is 7.71. The molecule has 1 saturated carbocycles. The average molecular weight is 446 g/mol. The van der Waals surface area contributed by atoms with Crippen molar-refractivity contribution in [1.82, 2.24) is 10.2 Å². The van der Waals surface area contributed by atoms with E-state index in [1.807, 2.05) is 17.0 Å². The van der Waals surface area contributed by atoms with E-state index < -0.39 is 30.4 Å². The Labute approximate surface area is 191 Å². The van der Waals surface area contributed by atoms with Crippen LogP contribution >= 0.6 is 0 Å². The van der Waals surface area contributed by atoms with Crippen molar-refractivity contribution in [3.8, 4) is 0 Å². The lowest BCUT2D eigenvalue weighted by atomic mass is 9.77. The summed E-state index contributed by atoms with van der Waals surface area (Å²) in [4.78, 5) is 14.4. The fourth-order valence-electron chi connectivity index (χ4n) is 6.10. The molecule has 3 fully saturated rings. The Bertz CT molecular complexity index is 750. The topological polar surface area (TPSA) is 105 Å². The first kappa shape index (κ1) is 23.5. The number of benzene rings is 1. The molecule has 178 valence electrons. The van der Waals surface area contributed by atoms with Gasteiger partial charge in [0.25, 0.3) is 0 Å². The molecule has 32 heavy (non-hydrogen) atoms. The number of aliphatic hydroxyl groups excluding tert-OH is 3. The van der Waals surface area contributed by atoms with Gasteiger partial charge in [-0.3, -0.25) is 4.90 Å². The number of carbonyl (C=O) groups excluding carboxylic acids is 1. The van der Waals surface area contributed by atoms with Gasteiger partial charge in [0, 0.05) is 12.2 Å². The van der Waals surface area contributed by atoms with Crippen LogP contribution in [-0.2, 0) is 0 Å². The number of anilines is 1. The summed E-state index contributed by atoms with van der Waals surface area (Å²) in [5.41, 5.74) is 2.09. The van der Waals surface area contributed by atoms with Gasteiger partial charge in [0.1, 0.15) is 0 Å². The number of piperidine rings is 1. The molecule has 7 heteroatoms. The SMILES string of the molecule is CCCC1CCC(c2ccc(NC(=O)NC[C@@H]3[C@@H](O)[C@@H](O)[C@H]4[C@H](O)CCCN43)cc2)CC1. The minimum atomic E-state index is -0.996. The third-order valence-corrected chi connectivity index (χ3v) is 7.87. The van der Waals surface area contributed by atoms with Gasteiger partial charge in [-0.25, -0.2) is 4.79 Å². The summed E-state index contributed by atoms with van der Waals surface area (Å²) in [5, 5.41) is 36.6. The van der Waals surface area contributed by atoms with Gasteiger partial charge in [-0.05, 0) is 74.6 Å². The van der Waals surface area contributed by atoms with Gasteiger partial charge < -0.3 is 26.0 Å². The number of carbonyl (C=O) groups is 1. The number of nitrogens with zero attached hydrogens (tertiary/aromatic N) is 1. The normalized spacial score (nSPS) is 35.3. The molecule has 0 bridgehead atoms. The lowest BCUT2D eigenvalue weighted by molar-refractivity contribution is -0.0291. The molecule has 0 unspecified atom stereocenters. The number of urea groups is 1. The lowest BCUT2D eigenvalue weighted by Gasteiger charge is -2.37. The zero-order valence-electron chi connectivity index (χ0n) is 19.1. The molecular weight excluding hydrogens is 406 g/mol. The highest BCUT2D eigenvalue weighted by Crippen LogP contribution is 2.37. The first-order valence-corrected chi connectivity index (χ1v) is 12.4. The van der Waals surface area contributed by atoms with Gasteiger partial charge >= 0.3 is 6.03 Å². The summed E-state index contributed by atoms with van der Waals surface area (Å²) in [6, 6.07) is 6.96. The Morgan fingerprint density at radius 3 is 2.44 bits per heavy atom. The lowest BCUT2D eigenvalue weighted by Crippen LogP contribution is -2.52. The average Bonchev–Trinajstić information content (AvgIpc) is 3.04. The van der Waals surface area contributed by atoms with Crippen LogP contribution in [-0.4, -0.2) is 69.7 Å². The van der Waals surface area contributed by atoms with E-state index in [1.54, 1.807) is 0 Å². The molecule has 4 rings (SSSR count). The Morgan fingerprint density at radius 2 is 1.75 bits per heavy atom. The van der Waals surface area contributed by atoms with E-state index >= 15 is 0 Å². The van der Waals surface area contributed by atoms with Crippen molar-refractivity contribution in [2.45, 2.75) is 94.6 Å². The second kappa shape index (κ2) is 10.5. The van der Waals surface area contributed by atoms with Crippen LogP contribution in [0.2, 0.25) is 0 Å². The van der Waals surface area contributed by atoms with Gasteiger partial charge in [0.2, 0.25) is 0 Å². The number of hydrogen-bond donors (Lipinski definition) is 5. The smallest absolute Gasteiger partial charge is 0.319 e. The third kappa shape index (κ3) is 5.11. The fraction of sp³-hybridized carbons (Fsp3) is 0.720. The van der Waals surface area contributed by atoms with E-state index in [-0.39, 0.29) is 12.6 Å². The highest BCUT2D eigenvalue weighted by atomic mass is 16.3. The standard InChI is InChI=1S/C25H39N3O4/c1-2-4-16-6-8-17(9-7-16)18-10-12-19(13-11-18)27-25(32)26-15-20-23(30)24(31)22-21(29)5-3-14-28(20)22/h10-13,16-17,20-24,29-31H,2-9,14-15H2,1H3,(H2,26,27,32)/t16?,17?,20-,21-,22-,23-,24+/m1/s1. The van der Waals surface area contributed by atoms with Crippen LogP contribution in [0, 0.1) is 5.92 Å². The molecule has 1 aliphatic carbocycles. The molecule has 2 saturated heterocycles. The predicted octanol–water partition coefficient (Wildman–Crippen LogP) is 2.81. The van der Waals surface area contributed by atoms with Crippen LogP contribution in [0.1, 0.15) is 69.8 Å². The minimum absolute atomic E-state index is 0.215. The molecule has 2 amide bonds. The highest BCUT2D eigenvalue weighted by Gasteiger charge is 2.51. The fourth-order valence-corrected chi connectivity index (χ4v) is 6.10. The minimum Gasteiger partial charge on any atom is -0.391 e. The maximum Gasteiger partial charge on any atom is 0.319 e. The monoisotopic (exact) mass is 445 g/mol. The van der Waals surface area contributed by atoms with Crippen LogP contribution < -0.4 is 10.6 Å². The van der Waals surface area contributed by atoms with Crippen LogP contribution in [0.15, 0.2) is 24.3 Å². The van der Waals surface area contributed by atoms with Crippen LogP contribution in [0.25, 0.3) is 0 Å². The van der Waals surface area contributed by atoms with E-state index in [9.17, 15) is 20.1 Å². The summed E-state index contributed by atoms with van der Waals surface area (Å²) >= 11 is 0. The number of hydrogen-bond acceptors (Lipinski definition) is 5. The molecule has 5 N–H and O–H groups in total. The largest absolute Gasteiger partial charge is 0.391 e. The van der Waals surface area contributed by atoms with Gasteiger partial charge in [-0.2, -0.15) is 0 Å². The quantitative estimate of drug-likeness (QED) is 0.463. The molecule has 2 aliphatic heterocycles. The second-order valence-corrected chi connectivity index (χ2v) is 9.95. The molecular formula is C25H39N3O4. The Morgan fingerprint density at radius 1 is 1.03 bits per heavy atom. The zero-order valence-corrected chi connectivity index (χ0v) is 19.1. The van der Waals surface area contributed by atoms with Crippen molar-refractivity contribution < 1.29 is 20.1 Å². The van der Waals surface area contributed by atoms with Crippen molar-refractivity contribution in [2.24, 2.45) is 5.92 Å². The van der Waals surface area contributed by atoms with E-state index in [2.05, 4.69) is 29.7 Å². The number of nitrogens with one attached hydrogen (secondary N) is 2. The Hall–Kier alpha value is -1.67. The van der Waals surface area contributed by atoms with Crippen molar-refractivity contribution in [3.05, 3.63) is 29.8 Å². The van der Waals surface area contributed by atoms with Crippen molar-refractivity contribution in [3.63, 3.8) is 0 Å². The van der Waals surface area contributed by atoms with Crippen molar-refractivity contribution in [1.29, 1.82) is 0 Å². The summed E-state index contributed by atoms with van der Waals surface area (Å²) in [6.45, 7) is 3.18. The second-order valence-electron chi connectivity index (χ2n) is 9.95. The molecule has 3 aliphatic rings. The van der Waals surface area contributed by atoms with Gasteiger partial charge in [0.15, 0.2) is 0 Å². The Balaban J connectivity index is 1.26. The van der Waals surface area contributed by atoms with Crippen molar-refractivity contribution in [2.75, 3.05) is 18.4 Å². The number of aliphatic hydroxyl groups is 3. The van der Waals surface area contributed by atoms with Crippen LogP contribution in [0.5, 0.6) is 0 Å². The van der Waals surface area contributed by atoms with E-state index in [0.29, 0.717) is 18.9 Å². The molecule has 0 radical (unpaired) electrons. The van der Waals surface area contributed by atoms with E-state index in [0.717, 1.165) is 18.0 Å². The molecule has 1 aromatic carbocycles. The van der Waals surface area contributed by atoms with Gasteiger partial charge in [0.05, 0.1) is 30.4 Å². The zero-order chi connectivity index (χ0) is 22.7. The highest BCUT2D eigenvalue weighted by molar-refractivity contribution is 5.89. The predicted molar refractivity (Wildman–Crippen MR) is 125 cm³/mol. The summed E-state index contributed by atoms with van der Waals surface area (Å²) < 4.78 is 0. The van der Waals surface area contributed by atoms with E-state index in [1.165, 1.54) is 44.1 Å². The van der Waals surface area contributed by atoms with Crippen LogP contribution in [0.3, 0.4) is 0 Å². The van der Waals surface area contributed by atoms with Gasteiger partial charge in [-0.1, -0.05) is 31.9 Å². The first-order valence-electron chi connectivity index (χ1n) is 12.4. The summed E-state index contributed by atoms with van der Waals surface area (Å²) in [7, 11) is 0. The van der Waals surface area contributed by atoms with Crippen LogP contribution in [0.4, 0.5) is 10.5 Å². The van der Waals surface area contributed by atoms with Gasteiger partial charge in [-0.15, -0.1) is 0 Å². The molecule has 5 atom stereocenters. The van der Waals surface area contributed by atoms with Crippen molar-refractivity contribution >= 4 is 11.7 Å². The maximum absolute atomic E-state index is 12.4. The molecule has 0 aromatic heterocycles. The molecule has 1 aromatic rings. The molecule has 2 heterocycles. The maximum atomic E-state index is 12.4. The summed E-state index contributed by atoms with van der Waals surface area (Å²) in [5.74, 6) is 1.51. The molecule has 7 nitrogen and oxygen atoms in total. The number of rotatable bonds is 6.